The second-order valence-corrected chi connectivity index (χ2v) is 8.74. The van der Waals surface area contributed by atoms with Gasteiger partial charge in [-0.3, -0.25) is 0 Å². The molecule has 5 nitrogen and oxygen atoms in total. The molecule has 2 aliphatic heterocycles. The Kier molecular flexibility index (Phi) is 5.72. The van der Waals surface area contributed by atoms with Crippen LogP contribution >= 0.6 is 0 Å². The molecule has 0 saturated carbocycles. The number of aliphatic hydroxyl groups is 3. The number of ether oxygens (including phenoxy) is 2. The number of halogens is 1. The van der Waals surface area contributed by atoms with Crippen molar-refractivity contribution in [2.24, 2.45) is 5.92 Å². The molecule has 1 spiro atoms. The topological polar surface area (TPSA) is 79.2 Å². The van der Waals surface area contributed by atoms with Crippen molar-refractivity contribution in [1.82, 2.24) is 0 Å². The van der Waals surface area contributed by atoms with Crippen LogP contribution in [0.1, 0.15) is 54.5 Å². The Morgan fingerprint density at radius 3 is 2.47 bits per heavy atom. The predicted molar refractivity (Wildman–Crippen MR) is 109 cm³/mol. The van der Waals surface area contributed by atoms with Gasteiger partial charge < -0.3 is 24.8 Å². The Bertz CT molecular complexity index is 911. The van der Waals surface area contributed by atoms with Gasteiger partial charge in [0.2, 0.25) is 5.79 Å². The molecule has 6 heteroatoms. The number of benzene rings is 2. The van der Waals surface area contributed by atoms with E-state index in [0.29, 0.717) is 29.0 Å². The van der Waals surface area contributed by atoms with Gasteiger partial charge in [0.15, 0.2) is 0 Å². The van der Waals surface area contributed by atoms with Crippen LogP contribution in [0, 0.1) is 11.7 Å². The van der Waals surface area contributed by atoms with Crippen molar-refractivity contribution in [3.05, 3.63) is 70.0 Å². The van der Waals surface area contributed by atoms with Gasteiger partial charge in [-0.2, -0.15) is 0 Å². The van der Waals surface area contributed by atoms with Crippen LogP contribution in [0.15, 0.2) is 36.4 Å². The van der Waals surface area contributed by atoms with Crippen LogP contribution in [-0.4, -0.2) is 40.2 Å². The van der Waals surface area contributed by atoms with Crippen molar-refractivity contribution in [3.63, 3.8) is 0 Å². The molecular weight excluding hydrogens is 387 g/mol. The SMILES string of the molecule is CC(C)c1ccc(Cc2cc3c(cc2F)CO[C@]32OC(CO)[C@@H](O)[C@H](O)[C@H]2C)cc1. The van der Waals surface area contributed by atoms with E-state index < -0.39 is 36.6 Å². The first-order valence-electron chi connectivity index (χ1n) is 10.5. The summed E-state index contributed by atoms with van der Waals surface area (Å²) in [7, 11) is 0. The van der Waals surface area contributed by atoms with Crippen LogP contribution in [0.2, 0.25) is 0 Å². The fourth-order valence-corrected chi connectivity index (χ4v) is 4.50. The molecule has 2 aliphatic rings. The van der Waals surface area contributed by atoms with Gasteiger partial charge in [-0.15, -0.1) is 0 Å². The zero-order valence-electron chi connectivity index (χ0n) is 17.5. The minimum absolute atomic E-state index is 0.140. The molecule has 2 aromatic carbocycles. The second-order valence-electron chi connectivity index (χ2n) is 8.74. The summed E-state index contributed by atoms with van der Waals surface area (Å²) in [6.45, 7) is 5.67. The summed E-state index contributed by atoms with van der Waals surface area (Å²) in [6.07, 6.45) is -2.93. The highest BCUT2D eigenvalue weighted by molar-refractivity contribution is 5.41. The van der Waals surface area contributed by atoms with E-state index in [1.807, 2.05) is 12.1 Å². The molecule has 0 bridgehead atoms. The molecule has 3 N–H and O–H groups in total. The number of hydrogen-bond acceptors (Lipinski definition) is 5. The van der Waals surface area contributed by atoms with Crippen molar-refractivity contribution in [3.8, 4) is 0 Å². The molecule has 4 rings (SSSR count). The molecule has 162 valence electrons. The first-order valence-corrected chi connectivity index (χ1v) is 10.5. The maximum Gasteiger partial charge on any atom is 0.201 e. The summed E-state index contributed by atoms with van der Waals surface area (Å²) in [5.41, 5.74) is 4.03. The Morgan fingerprint density at radius 1 is 1.13 bits per heavy atom. The lowest BCUT2D eigenvalue weighted by Gasteiger charge is -2.47. The number of rotatable bonds is 4. The van der Waals surface area contributed by atoms with E-state index in [4.69, 9.17) is 9.47 Å². The highest BCUT2D eigenvalue weighted by Gasteiger charge is 2.56. The third-order valence-corrected chi connectivity index (χ3v) is 6.48. The van der Waals surface area contributed by atoms with Crippen LogP contribution in [0.3, 0.4) is 0 Å². The maximum absolute atomic E-state index is 14.8. The molecule has 2 heterocycles. The van der Waals surface area contributed by atoms with Crippen LogP contribution in [0.4, 0.5) is 4.39 Å². The van der Waals surface area contributed by atoms with E-state index >= 15 is 0 Å². The normalized spacial score (nSPS) is 30.8. The summed E-state index contributed by atoms with van der Waals surface area (Å²) >= 11 is 0. The summed E-state index contributed by atoms with van der Waals surface area (Å²) in [6, 6.07) is 11.3. The van der Waals surface area contributed by atoms with Gasteiger partial charge in [0, 0.05) is 17.9 Å². The third-order valence-electron chi connectivity index (χ3n) is 6.48. The first kappa shape index (κ1) is 21.4. The summed E-state index contributed by atoms with van der Waals surface area (Å²) in [4.78, 5) is 0. The molecular formula is C24H29FO5. The standard InChI is InChI=1S/C24H29FO5/c1-13(2)16-6-4-15(5-7-16)8-17-9-19-18(10-20(17)25)12-29-24(19)14(3)22(27)23(28)21(11-26)30-24/h4-7,9-10,13-14,21-23,26-28H,8,11-12H2,1-3H3/t14-,21?,22-,23-,24-/m1/s1. The van der Waals surface area contributed by atoms with E-state index in [9.17, 15) is 19.7 Å². The molecule has 30 heavy (non-hydrogen) atoms. The molecule has 1 fully saturated rings. The number of aliphatic hydroxyl groups excluding tert-OH is 3. The lowest BCUT2D eigenvalue weighted by molar-refractivity contribution is -0.352. The van der Waals surface area contributed by atoms with Crippen LogP contribution in [0.25, 0.3) is 0 Å². The van der Waals surface area contributed by atoms with Crippen molar-refractivity contribution in [1.29, 1.82) is 0 Å². The molecule has 5 atom stereocenters. The van der Waals surface area contributed by atoms with Crippen molar-refractivity contribution < 1.29 is 29.2 Å². The zero-order chi connectivity index (χ0) is 21.6. The maximum atomic E-state index is 14.8. The van der Waals surface area contributed by atoms with Crippen LogP contribution in [-0.2, 0) is 28.3 Å². The number of fused-ring (bicyclic) bond motifs is 2. The fourth-order valence-electron chi connectivity index (χ4n) is 4.50. The minimum Gasteiger partial charge on any atom is -0.394 e. The predicted octanol–water partition coefficient (Wildman–Crippen LogP) is 2.97. The van der Waals surface area contributed by atoms with Crippen LogP contribution in [0.5, 0.6) is 0 Å². The monoisotopic (exact) mass is 416 g/mol. The average molecular weight is 416 g/mol. The number of hydrogen-bond donors (Lipinski definition) is 3. The van der Waals surface area contributed by atoms with E-state index in [-0.39, 0.29) is 12.4 Å². The van der Waals surface area contributed by atoms with Gasteiger partial charge in [-0.25, -0.2) is 4.39 Å². The average Bonchev–Trinajstić information content (AvgIpc) is 3.08. The highest BCUT2D eigenvalue weighted by Crippen LogP contribution is 2.49. The van der Waals surface area contributed by atoms with Gasteiger partial charge in [0.1, 0.15) is 18.0 Å². The van der Waals surface area contributed by atoms with E-state index in [1.165, 1.54) is 11.6 Å². The quantitative estimate of drug-likeness (QED) is 0.714. The summed E-state index contributed by atoms with van der Waals surface area (Å²) < 4.78 is 26.8. The van der Waals surface area contributed by atoms with Crippen molar-refractivity contribution in [2.75, 3.05) is 6.61 Å². The molecule has 0 aliphatic carbocycles. The molecule has 1 saturated heterocycles. The molecule has 1 unspecified atom stereocenters. The third kappa shape index (κ3) is 3.47. The lowest BCUT2D eigenvalue weighted by atomic mass is 9.81. The summed E-state index contributed by atoms with van der Waals surface area (Å²) in [5.74, 6) is -1.81. The van der Waals surface area contributed by atoms with Gasteiger partial charge in [-0.1, -0.05) is 45.0 Å². The Morgan fingerprint density at radius 2 is 1.83 bits per heavy atom. The molecule has 0 radical (unpaired) electrons. The first-order chi connectivity index (χ1) is 14.3. The second kappa shape index (κ2) is 8.02. The lowest BCUT2D eigenvalue weighted by Crippen LogP contribution is -2.59. The van der Waals surface area contributed by atoms with Gasteiger partial charge >= 0.3 is 0 Å². The molecule has 0 amide bonds. The van der Waals surface area contributed by atoms with Crippen molar-refractivity contribution >= 4 is 0 Å². The van der Waals surface area contributed by atoms with E-state index in [1.54, 1.807) is 13.0 Å². The van der Waals surface area contributed by atoms with E-state index in [0.717, 1.165) is 5.56 Å². The molecule has 0 aromatic heterocycles. The largest absolute Gasteiger partial charge is 0.394 e. The smallest absolute Gasteiger partial charge is 0.201 e. The van der Waals surface area contributed by atoms with E-state index in [2.05, 4.69) is 26.0 Å². The van der Waals surface area contributed by atoms with Gasteiger partial charge in [-0.05, 0) is 40.3 Å². The Hall–Kier alpha value is -1.83. The fraction of sp³-hybridized carbons (Fsp3) is 0.500. The van der Waals surface area contributed by atoms with Crippen molar-refractivity contribution in [2.45, 2.75) is 63.8 Å². The van der Waals surface area contributed by atoms with Gasteiger partial charge in [0.05, 0.1) is 19.3 Å². The Labute approximate surface area is 176 Å². The summed E-state index contributed by atoms with van der Waals surface area (Å²) in [5, 5.41) is 30.3. The Balaban J connectivity index is 1.69. The highest BCUT2D eigenvalue weighted by atomic mass is 19.1. The van der Waals surface area contributed by atoms with Gasteiger partial charge in [0.25, 0.3) is 0 Å². The zero-order valence-corrected chi connectivity index (χ0v) is 17.5. The minimum atomic E-state index is -1.33. The molecule has 2 aromatic rings. The van der Waals surface area contributed by atoms with Crippen LogP contribution < -0.4 is 0 Å².